The molecule has 8 heteroatoms. The normalized spacial score (nSPS) is 19.2. The van der Waals surface area contributed by atoms with E-state index in [1.807, 2.05) is 24.3 Å². The van der Waals surface area contributed by atoms with E-state index in [9.17, 15) is 9.59 Å². The average Bonchev–Trinajstić information content (AvgIpc) is 2.88. The maximum absolute atomic E-state index is 13.2. The summed E-state index contributed by atoms with van der Waals surface area (Å²) >= 11 is 5.97. The van der Waals surface area contributed by atoms with Gasteiger partial charge in [-0.3, -0.25) is 4.79 Å². The summed E-state index contributed by atoms with van der Waals surface area (Å²) in [4.78, 5) is 35.3. The lowest BCUT2D eigenvalue weighted by molar-refractivity contribution is -0.123. The van der Waals surface area contributed by atoms with Crippen LogP contribution in [0.2, 0.25) is 5.15 Å². The Hall–Kier alpha value is -2.64. The zero-order chi connectivity index (χ0) is 20.6. The van der Waals surface area contributed by atoms with E-state index < -0.39 is 5.54 Å². The van der Waals surface area contributed by atoms with Gasteiger partial charge < -0.3 is 14.5 Å². The summed E-state index contributed by atoms with van der Waals surface area (Å²) in [6.07, 6.45) is 1.59. The highest BCUT2D eigenvalue weighted by Crippen LogP contribution is 2.34. The van der Waals surface area contributed by atoms with Crippen LogP contribution in [0.1, 0.15) is 19.4 Å². The summed E-state index contributed by atoms with van der Waals surface area (Å²) in [6.45, 7) is 6.87. The number of hydrogen-bond acceptors (Lipinski definition) is 5. The maximum Gasteiger partial charge on any atom is 0.332 e. The number of carbonyl (C=O) groups excluding carboxylic acids is 2. The fraction of sp³-hybridized carbons (Fsp3) is 0.381. The molecule has 152 valence electrons. The molecular formula is C21H23ClN4O3. The number of pyridine rings is 1. The number of ether oxygens (including phenoxy) is 1. The molecule has 0 saturated carbocycles. The average molecular weight is 415 g/mol. The van der Waals surface area contributed by atoms with Crippen molar-refractivity contribution in [2.45, 2.75) is 25.9 Å². The van der Waals surface area contributed by atoms with Crippen molar-refractivity contribution in [2.24, 2.45) is 0 Å². The lowest BCUT2D eigenvalue weighted by Gasteiger charge is -2.29. The molecule has 2 fully saturated rings. The van der Waals surface area contributed by atoms with Crippen molar-refractivity contribution in [1.82, 2.24) is 9.88 Å². The molecule has 2 aromatic rings. The van der Waals surface area contributed by atoms with Crippen molar-refractivity contribution < 1.29 is 14.3 Å². The first-order valence-electron chi connectivity index (χ1n) is 9.57. The van der Waals surface area contributed by atoms with Crippen molar-refractivity contribution >= 4 is 34.9 Å². The Morgan fingerprint density at radius 2 is 1.72 bits per heavy atom. The Kier molecular flexibility index (Phi) is 5.19. The first-order chi connectivity index (χ1) is 13.9. The van der Waals surface area contributed by atoms with Crippen LogP contribution in [0, 0.1) is 0 Å². The smallest absolute Gasteiger partial charge is 0.332 e. The molecular weight excluding hydrogens is 392 g/mol. The van der Waals surface area contributed by atoms with Crippen molar-refractivity contribution in [3.8, 4) is 0 Å². The molecule has 0 aliphatic carbocycles. The molecule has 4 rings (SSSR count). The van der Waals surface area contributed by atoms with E-state index in [2.05, 4.69) is 9.88 Å². The second-order valence-electron chi connectivity index (χ2n) is 7.67. The standard InChI is InChI=1S/C21H23ClN4O3/c1-21(2)19(27)26(20(28)25(21)14-15-7-8-23-18(22)13-15)17-5-3-16(4-6-17)24-9-11-29-12-10-24/h3-8,13H,9-12,14H2,1-2H3. The molecule has 0 unspecified atom stereocenters. The Balaban J connectivity index is 1.57. The predicted octanol–water partition coefficient (Wildman–Crippen LogP) is 3.32. The molecule has 0 spiro atoms. The number of benzene rings is 1. The molecule has 0 N–H and O–H groups in total. The van der Waals surface area contributed by atoms with Crippen molar-refractivity contribution in [2.75, 3.05) is 36.1 Å². The summed E-state index contributed by atoms with van der Waals surface area (Å²) < 4.78 is 5.39. The Morgan fingerprint density at radius 3 is 2.38 bits per heavy atom. The minimum Gasteiger partial charge on any atom is -0.378 e. The summed E-state index contributed by atoms with van der Waals surface area (Å²) in [7, 11) is 0. The molecule has 0 radical (unpaired) electrons. The van der Waals surface area contributed by atoms with Crippen LogP contribution in [-0.2, 0) is 16.1 Å². The van der Waals surface area contributed by atoms with Gasteiger partial charge in [0.05, 0.1) is 18.9 Å². The first-order valence-corrected chi connectivity index (χ1v) is 9.95. The predicted molar refractivity (Wildman–Crippen MR) is 111 cm³/mol. The topological polar surface area (TPSA) is 66.0 Å². The van der Waals surface area contributed by atoms with E-state index in [1.165, 1.54) is 4.90 Å². The Morgan fingerprint density at radius 1 is 1.07 bits per heavy atom. The Bertz CT molecular complexity index is 926. The minimum absolute atomic E-state index is 0.248. The van der Waals surface area contributed by atoms with Gasteiger partial charge in [-0.05, 0) is 55.8 Å². The van der Waals surface area contributed by atoms with Gasteiger partial charge in [-0.1, -0.05) is 11.6 Å². The Labute approximate surface area is 174 Å². The summed E-state index contributed by atoms with van der Waals surface area (Å²) in [5.74, 6) is -0.248. The van der Waals surface area contributed by atoms with Crippen molar-refractivity contribution in [1.29, 1.82) is 0 Å². The molecule has 7 nitrogen and oxygen atoms in total. The fourth-order valence-electron chi connectivity index (χ4n) is 3.69. The van der Waals surface area contributed by atoms with Crippen LogP contribution in [0.25, 0.3) is 0 Å². The van der Waals surface area contributed by atoms with E-state index in [0.717, 1.165) is 24.3 Å². The number of anilines is 2. The summed E-state index contributed by atoms with van der Waals surface area (Å²) in [5, 5.41) is 0.355. The van der Waals surface area contributed by atoms with Gasteiger partial charge in [-0.2, -0.15) is 0 Å². The van der Waals surface area contributed by atoms with Crippen LogP contribution in [0.5, 0.6) is 0 Å². The van der Waals surface area contributed by atoms with Gasteiger partial charge >= 0.3 is 6.03 Å². The van der Waals surface area contributed by atoms with Crippen LogP contribution in [-0.4, -0.2) is 53.7 Å². The summed E-state index contributed by atoms with van der Waals surface area (Å²) in [5.41, 5.74) is 1.48. The SMILES string of the molecule is CC1(C)C(=O)N(c2ccc(N3CCOCC3)cc2)C(=O)N1Cc1ccnc(Cl)c1. The van der Waals surface area contributed by atoms with Gasteiger partial charge in [0.2, 0.25) is 0 Å². The largest absolute Gasteiger partial charge is 0.378 e. The zero-order valence-corrected chi connectivity index (χ0v) is 17.2. The molecule has 0 bridgehead atoms. The maximum atomic E-state index is 13.2. The number of imide groups is 1. The molecule has 3 heterocycles. The quantitative estimate of drug-likeness (QED) is 0.567. The number of carbonyl (C=O) groups is 2. The second kappa shape index (κ2) is 7.65. The van der Waals surface area contributed by atoms with E-state index in [1.54, 1.807) is 37.1 Å². The molecule has 2 aliphatic heterocycles. The molecule has 2 saturated heterocycles. The van der Waals surface area contributed by atoms with Crippen LogP contribution in [0.4, 0.5) is 16.2 Å². The fourth-order valence-corrected chi connectivity index (χ4v) is 3.88. The number of nitrogens with zero attached hydrogens (tertiary/aromatic N) is 4. The third kappa shape index (κ3) is 3.68. The van der Waals surface area contributed by atoms with Gasteiger partial charge in [0.1, 0.15) is 10.7 Å². The number of rotatable bonds is 4. The molecule has 1 aromatic heterocycles. The van der Waals surface area contributed by atoms with Gasteiger partial charge in [-0.15, -0.1) is 0 Å². The highest BCUT2D eigenvalue weighted by atomic mass is 35.5. The lowest BCUT2D eigenvalue weighted by atomic mass is 10.0. The van der Waals surface area contributed by atoms with Gasteiger partial charge in [-0.25, -0.2) is 14.7 Å². The molecule has 1 aromatic carbocycles. The number of morpholine rings is 1. The monoisotopic (exact) mass is 414 g/mol. The van der Waals surface area contributed by atoms with E-state index in [0.29, 0.717) is 24.1 Å². The third-order valence-electron chi connectivity index (χ3n) is 5.44. The van der Waals surface area contributed by atoms with Crippen molar-refractivity contribution in [3.05, 3.63) is 53.3 Å². The zero-order valence-electron chi connectivity index (χ0n) is 16.5. The van der Waals surface area contributed by atoms with E-state index in [4.69, 9.17) is 16.3 Å². The van der Waals surface area contributed by atoms with E-state index >= 15 is 0 Å². The molecule has 0 atom stereocenters. The highest BCUT2D eigenvalue weighted by Gasteiger charge is 2.51. The minimum atomic E-state index is -0.963. The second-order valence-corrected chi connectivity index (χ2v) is 8.06. The van der Waals surface area contributed by atoms with E-state index in [-0.39, 0.29) is 18.5 Å². The van der Waals surface area contributed by atoms with Crippen molar-refractivity contribution in [3.63, 3.8) is 0 Å². The van der Waals surface area contributed by atoms with Gasteiger partial charge in [0, 0.05) is 31.5 Å². The number of halogens is 1. The van der Waals surface area contributed by atoms with Gasteiger partial charge in [0.15, 0.2) is 0 Å². The highest BCUT2D eigenvalue weighted by molar-refractivity contribution is 6.29. The molecule has 3 amide bonds. The van der Waals surface area contributed by atoms with Crippen LogP contribution in [0.15, 0.2) is 42.6 Å². The lowest BCUT2D eigenvalue weighted by Crippen LogP contribution is -2.43. The van der Waals surface area contributed by atoms with Crippen LogP contribution < -0.4 is 9.80 Å². The first kappa shape index (κ1) is 19.7. The molecule has 29 heavy (non-hydrogen) atoms. The number of urea groups is 1. The van der Waals surface area contributed by atoms with Crippen LogP contribution >= 0.6 is 11.6 Å². The molecule has 2 aliphatic rings. The summed E-state index contributed by atoms with van der Waals surface area (Å²) in [6, 6.07) is 10.7. The number of amides is 3. The van der Waals surface area contributed by atoms with Crippen LogP contribution in [0.3, 0.4) is 0 Å². The third-order valence-corrected chi connectivity index (χ3v) is 5.65. The number of hydrogen-bond donors (Lipinski definition) is 0. The number of aromatic nitrogens is 1. The van der Waals surface area contributed by atoms with Gasteiger partial charge in [0.25, 0.3) is 5.91 Å².